The van der Waals surface area contributed by atoms with Gasteiger partial charge in [-0.2, -0.15) is 0 Å². The number of hydrogen-bond donors (Lipinski definition) is 0. The third-order valence-corrected chi connectivity index (χ3v) is 10.8. The fourth-order valence-electron chi connectivity index (χ4n) is 7.33. The average molecular weight is 577 g/mol. The van der Waals surface area contributed by atoms with E-state index in [4.69, 9.17) is 23.7 Å². The number of carbonyl (C=O) groups is 5. The van der Waals surface area contributed by atoms with E-state index in [-0.39, 0.29) is 90.9 Å². The first-order valence-electron chi connectivity index (χ1n) is 15.3. The Morgan fingerprint density at radius 1 is 0.732 bits per heavy atom. The topological polar surface area (TPSA) is 132 Å². The van der Waals surface area contributed by atoms with Gasteiger partial charge >= 0.3 is 29.8 Å². The molecule has 0 radical (unpaired) electrons. The van der Waals surface area contributed by atoms with Gasteiger partial charge in [0, 0.05) is 23.7 Å². The van der Waals surface area contributed by atoms with Crippen molar-refractivity contribution in [3.8, 4) is 0 Å². The Morgan fingerprint density at radius 2 is 1.29 bits per heavy atom. The van der Waals surface area contributed by atoms with Crippen molar-refractivity contribution in [1.82, 2.24) is 0 Å². The van der Waals surface area contributed by atoms with Gasteiger partial charge in [0.2, 0.25) is 0 Å². The minimum absolute atomic E-state index is 0.0113. The summed E-state index contributed by atoms with van der Waals surface area (Å²) < 4.78 is 27.1. The Bertz CT molecular complexity index is 1090. The fraction of sp³-hybridized carbons (Fsp3) is 0.839. The van der Waals surface area contributed by atoms with Crippen LogP contribution >= 0.6 is 0 Å². The highest BCUT2D eigenvalue weighted by atomic mass is 16.6. The molecule has 7 aliphatic rings. The molecule has 3 heterocycles. The molecule has 10 unspecified atom stereocenters. The monoisotopic (exact) mass is 576 g/mol. The Labute approximate surface area is 241 Å². The van der Waals surface area contributed by atoms with E-state index in [1.807, 2.05) is 41.5 Å². The quantitative estimate of drug-likeness (QED) is 0.295. The van der Waals surface area contributed by atoms with Crippen molar-refractivity contribution in [2.45, 2.75) is 111 Å². The highest BCUT2D eigenvalue weighted by Crippen LogP contribution is 2.56. The number of ether oxygens (including phenoxy) is 5. The lowest BCUT2D eigenvalue weighted by atomic mass is 9.81. The van der Waals surface area contributed by atoms with Crippen LogP contribution in [0, 0.1) is 46.3 Å². The van der Waals surface area contributed by atoms with Crippen LogP contribution in [0.5, 0.6) is 0 Å². The van der Waals surface area contributed by atoms with Crippen molar-refractivity contribution < 1.29 is 47.7 Å². The van der Waals surface area contributed by atoms with Crippen LogP contribution < -0.4 is 0 Å². The molecule has 0 aromatic heterocycles. The Balaban J connectivity index is 0.000000169. The lowest BCUT2D eigenvalue weighted by Crippen LogP contribution is -2.52. The normalized spacial score (nSPS) is 37.3. The van der Waals surface area contributed by atoms with Gasteiger partial charge in [-0.1, -0.05) is 13.8 Å². The molecular formula is C31H44O10. The predicted octanol–water partition coefficient (Wildman–Crippen LogP) is 3.76. The van der Waals surface area contributed by atoms with E-state index >= 15 is 0 Å². The zero-order chi connectivity index (χ0) is 29.9. The van der Waals surface area contributed by atoms with Crippen LogP contribution in [0.25, 0.3) is 0 Å². The maximum atomic E-state index is 12.1. The van der Waals surface area contributed by atoms with Crippen LogP contribution in [0.3, 0.4) is 0 Å². The van der Waals surface area contributed by atoms with Gasteiger partial charge < -0.3 is 23.7 Å². The van der Waals surface area contributed by atoms with Gasteiger partial charge in [-0.25, -0.2) is 0 Å². The third kappa shape index (κ3) is 5.36. The summed E-state index contributed by atoms with van der Waals surface area (Å²) in [4.78, 5) is 59.2. The van der Waals surface area contributed by atoms with Crippen molar-refractivity contribution in [3.63, 3.8) is 0 Å². The molecule has 7 rings (SSSR count). The molecule has 41 heavy (non-hydrogen) atoms. The first kappa shape index (κ1) is 29.8. The standard InChI is InChI=1S/C17H24O6.C14H20O4/c1-4-17(2,3)16(20)21-6-5-12(18)22-13-9-7-10-11(8-9)15(19)23-14(10)13;1-4-14(2,3)13(16)18-11-8-5-7-6-9(8)12(15)17-10(7)11/h9-11,13-14H,4-8H2,1-3H3;7-11H,4-6H2,1-3H3. The predicted molar refractivity (Wildman–Crippen MR) is 143 cm³/mol. The second-order valence-electron chi connectivity index (χ2n) is 14.0. The second kappa shape index (κ2) is 10.9. The third-order valence-electron chi connectivity index (χ3n) is 10.8. The first-order chi connectivity index (χ1) is 19.3. The van der Waals surface area contributed by atoms with E-state index in [0.29, 0.717) is 12.3 Å². The summed E-state index contributed by atoms with van der Waals surface area (Å²) in [6.07, 6.45) is 4.07. The molecule has 4 saturated carbocycles. The summed E-state index contributed by atoms with van der Waals surface area (Å²) in [5.74, 6) is -0.0375. The van der Waals surface area contributed by atoms with Crippen molar-refractivity contribution in [3.05, 3.63) is 0 Å². The van der Waals surface area contributed by atoms with Gasteiger partial charge in [-0.3, -0.25) is 24.0 Å². The zero-order valence-electron chi connectivity index (χ0n) is 25.0. The lowest BCUT2D eigenvalue weighted by Gasteiger charge is -2.40. The van der Waals surface area contributed by atoms with Gasteiger partial charge in [-0.05, 0) is 66.2 Å². The van der Waals surface area contributed by atoms with Crippen LogP contribution in [0.2, 0.25) is 0 Å². The summed E-state index contributed by atoms with van der Waals surface area (Å²) in [6, 6.07) is 0. The smallest absolute Gasteiger partial charge is 0.311 e. The molecule has 0 N–H and O–H groups in total. The molecular weight excluding hydrogens is 532 g/mol. The number of rotatable bonds is 9. The molecule has 4 aliphatic carbocycles. The van der Waals surface area contributed by atoms with E-state index < -0.39 is 16.8 Å². The Morgan fingerprint density at radius 3 is 1.93 bits per heavy atom. The summed E-state index contributed by atoms with van der Waals surface area (Å²) in [6.45, 7) is 11.3. The summed E-state index contributed by atoms with van der Waals surface area (Å²) in [7, 11) is 0. The van der Waals surface area contributed by atoms with E-state index in [9.17, 15) is 24.0 Å². The van der Waals surface area contributed by atoms with Crippen molar-refractivity contribution >= 4 is 29.8 Å². The zero-order valence-corrected chi connectivity index (χ0v) is 25.0. The maximum Gasteiger partial charge on any atom is 0.311 e. The van der Waals surface area contributed by atoms with Crippen LogP contribution in [-0.4, -0.2) is 60.9 Å². The van der Waals surface area contributed by atoms with Gasteiger partial charge in [0.1, 0.15) is 31.0 Å². The van der Waals surface area contributed by atoms with Gasteiger partial charge in [0.05, 0.1) is 29.1 Å². The van der Waals surface area contributed by atoms with Crippen LogP contribution in [-0.2, 0) is 47.7 Å². The van der Waals surface area contributed by atoms with Crippen molar-refractivity contribution in [2.24, 2.45) is 46.3 Å². The molecule has 0 amide bonds. The highest BCUT2D eigenvalue weighted by molar-refractivity contribution is 5.79. The fourth-order valence-corrected chi connectivity index (χ4v) is 7.33. The minimum atomic E-state index is -0.540. The van der Waals surface area contributed by atoms with E-state index in [1.165, 1.54) is 0 Å². The Hall–Kier alpha value is -2.65. The number of carbonyl (C=O) groups excluding carboxylic acids is 5. The van der Waals surface area contributed by atoms with E-state index in [0.717, 1.165) is 32.1 Å². The molecule has 0 aromatic rings. The lowest BCUT2D eigenvalue weighted by molar-refractivity contribution is -0.200. The number of fused-ring (bicyclic) bond motifs is 2. The maximum absolute atomic E-state index is 12.1. The van der Waals surface area contributed by atoms with Crippen LogP contribution in [0.1, 0.15) is 86.5 Å². The molecule has 6 bridgehead atoms. The second-order valence-corrected chi connectivity index (χ2v) is 14.0. The first-order valence-corrected chi connectivity index (χ1v) is 15.3. The molecule has 10 atom stereocenters. The summed E-state index contributed by atoms with van der Waals surface area (Å²) >= 11 is 0. The average Bonchev–Trinajstić information content (AvgIpc) is 3.71. The molecule has 10 heteroatoms. The molecule has 3 aliphatic heterocycles. The van der Waals surface area contributed by atoms with Crippen molar-refractivity contribution in [1.29, 1.82) is 0 Å². The molecule has 228 valence electrons. The van der Waals surface area contributed by atoms with Crippen LogP contribution in [0.15, 0.2) is 0 Å². The molecule has 0 aromatic carbocycles. The van der Waals surface area contributed by atoms with E-state index in [2.05, 4.69) is 0 Å². The van der Waals surface area contributed by atoms with Gasteiger partial charge in [-0.15, -0.1) is 0 Å². The highest BCUT2D eigenvalue weighted by Gasteiger charge is 2.64. The molecule has 10 nitrogen and oxygen atoms in total. The summed E-state index contributed by atoms with van der Waals surface area (Å²) in [5.41, 5.74) is -0.993. The number of esters is 5. The van der Waals surface area contributed by atoms with Crippen molar-refractivity contribution in [2.75, 3.05) is 6.61 Å². The molecule has 3 saturated heterocycles. The molecule has 7 fully saturated rings. The Kier molecular flexibility index (Phi) is 7.92. The summed E-state index contributed by atoms with van der Waals surface area (Å²) in [5, 5.41) is 0. The molecule has 0 spiro atoms. The number of hydrogen-bond acceptors (Lipinski definition) is 10. The minimum Gasteiger partial charge on any atom is -0.465 e. The van der Waals surface area contributed by atoms with E-state index in [1.54, 1.807) is 0 Å². The van der Waals surface area contributed by atoms with Crippen LogP contribution in [0.4, 0.5) is 0 Å². The SMILES string of the molecule is CCC(C)(C)C(=O)OC1C2CC3CC2C(=O)OC31.CCC(C)(C)C(=O)OCCC(=O)OC1C2CC3C(=O)OC1C3C2. The van der Waals surface area contributed by atoms with Gasteiger partial charge in [0.15, 0.2) is 0 Å². The largest absolute Gasteiger partial charge is 0.465 e. The van der Waals surface area contributed by atoms with Gasteiger partial charge in [0.25, 0.3) is 0 Å².